The van der Waals surface area contributed by atoms with Gasteiger partial charge in [0.25, 0.3) is 10.0 Å². The average molecular weight is 524 g/mol. The summed E-state index contributed by atoms with van der Waals surface area (Å²) in [6.07, 6.45) is 0.905. The Labute approximate surface area is 218 Å². The number of likely N-dealkylation sites (N-methyl/N-ethyl adjacent to an activating group) is 1. The van der Waals surface area contributed by atoms with Crippen LogP contribution in [-0.2, 0) is 26.0 Å². The van der Waals surface area contributed by atoms with Crippen molar-refractivity contribution in [3.8, 4) is 5.75 Å². The summed E-state index contributed by atoms with van der Waals surface area (Å²) >= 11 is 0. The predicted octanol–water partition coefficient (Wildman–Crippen LogP) is 3.49. The molecule has 0 fully saturated rings. The van der Waals surface area contributed by atoms with E-state index in [2.05, 4.69) is 5.32 Å². The zero-order chi connectivity index (χ0) is 26.8. The highest BCUT2D eigenvalue weighted by Crippen LogP contribution is 2.26. The third kappa shape index (κ3) is 6.89. The molecule has 0 radical (unpaired) electrons. The number of ether oxygens (including phenoxy) is 1. The number of nitrogens with one attached hydrogen (secondary N) is 1. The number of amides is 2. The van der Waals surface area contributed by atoms with Crippen LogP contribution < -0.4 is 14.4 Å². The van der Waals surface area contributed by atoms with Gasteiger partial charge < -0.3 is 15.0 Å². The molecule has 1 atom stereocenters. The van der Waals surface area contributed by atoms with Crippen molar-refractivity contribution in [3.05, 3.63) is 90.5 Å². The number of rotatable bonds is 12. The van der Waals surface area contributed by atoms with Gasteiger partial charge >= 0.3 is 0 Å². The zero-order valence-corrected chi connectivity index (χ0v) is 22.1. The maximum atomic E-state index is 13.8. The van der Waals surface area contributed by atoms with Crippen molar-refractivity contribution in [1.82, 2.24) is 10.2 Å². The fourth-order valence-corrected chi connectivity index (χ4v) is 5.49. The lowest BCUT2D eigenvalue weighted by Crippen LogP contribution is -2.52. The normalized spacial score (nSPS) is 11.9. The molecule has 3 rings (SSSR count). The second-order valence-electron chi connectivity index (χ2n) is 8.38. The fourth-order valence-electron chi connectivity index (χ4n) is 4.06. The highest BCUT2D eigenvalue weighted by Gasteiger charge is 2.33. The summed E-state index contributed by atoms with van der Waals surface area (Å²) in [6.45, 7) is 1.62. The SMILES string of the molecule is CC[C@@H](C(=O)NC)N(CCc1ccccc1)C(=O)CN(c1ccc(OC)cc1)S(=O)(=O)c1ccccc1. The first kappa shape index (κ1) is 27.7. The van der Waals surface area contributed by atoms with Gasteiger partial charge in [-0.3, -0.25) is 13.9 Å². The van der Waals surface area contributed by atoms with Crippen LogP contribution in [0.5, 0.6) is 5.75 Å². The van der Waals surface area contributed by atoms with E-state index >= 15 is 0 Å². The molecule has 3 aromatic rings. The largest absolute Gasteiger partial charge is 0.497 e. The number of hydrogen-bond acceptors (Lipinski definition) is 5. The lowest BCUT2D eigenvalue weighted by Gasteiger charge is -2.33. The third-order valence-electron chi connectivity index (χ3n) is 6.09. The summed E-state index contributed by atoms with van der Waals surface area (Å²) in [7, 11) is -1.04. The molecule has 0 bridgehead atoms. The summed E-state index contributed by atoms with van der Waals surface area (Å²) < 4.78 is 33.7. The molecule has 0 saturated carbocycles. The zero-order valence-electron chi connectivity index (χ0n) is 21.3. The van der Waals surface area contributed by atoms with E-state index < -0.39 is 28.5 Å². The van der Waals surface area contributed by atoms with E-state index in [9.17, 15) is 18.0 Å². The van der Waals surface area contributed by atoms with Gasteiger partial charge in [0.15, 0.2) is 0 Å². The van der Waals surface area contributed by atoms with Crippen LogP contribution in [0.2, 0.25) is 0 Å². The summed E-state index contributed by atoms with van der Waals surface area (Å²) in [5.74, 6) is -0.213. The fraction of sp³-hybridized carbons (Fsp3) is 0.286. The maximum Gasteiger partial charge on any atom is 0.264 e. The summed E-state index contributed by atoms with van der Waals surface area (Å²) in [6, 6.07) is 23.3. The van der Waals surface area contributed by atoms with Crippen molar-refractivity contribution in [2.45, 2.75) is 30.7 Å². The van der Waals surface area contributed by atoms with Gasteiger partial charge in [-0.15, -0.1) is 0 Å². The number of benzene rings is 3. The molecule has 0 aliphatic rings. The minimum absolute atomic E-state index is 0.0628. The maximum absolute atomic E-state index is 13.8. The Morgan fingerprint density at radius 1 is 0.919 bits per heavy atom. The third-order valence-corrected chi connectivity index (χ3v) is 7.88. The monoisotopic (exact) mass is 523 g/mol. The first-order valence-corrected chi connectivity index (χ1v) is 13.5. The van der Waals surface area contributed by atoms with Crippen LogP contribution in [-0.4, -0.2) is 58.4 Å². The molecule has 2 amide bonds. The van der Waals surface area contributed by atoms with Crippen LogP contribution in [0.4, 0.5) is 5.69 Å². The molecule has 3 aromatic carbocycles. The molecule has 0 spiro atoms. The van der Waals surface area contributed by atoms with Crippen LogP contribution in [0.3, 0.4) is 0 Å². The summed E-state index contributed by atoms with van der Waals surface area (Å²) in [5.41, 5.74) is 1.32. The quantitative estimate of drug-likeness (QED) is 0.392. The van der Waals surface area contributed by atoms with Gasteiger partial charge in [0.05, 0.1) is 17.7 Å². The van der Waals surface area contributed by atoms with Crippen molar-refractivity contribution >= 4 is 27.5 Å². The van der Waals surface area contributed by atoms with Crippen molar-refractivity contribution in [2.24, 2.45) is 0 Å². The average Bonchev–Trinajstić information content (AvgIpc) is 2.94. The van der Waals surface area contributed by atoms with Crippen LogP contribution in [0.25, 0.3) is 0 Å². The summed E-state index contributed by atoms with van der Waals surface area (Å²) in [5, 5.41) is 2.62. The van der Waals surface area contributed by atoms with Gasteiger partial charge in [0, 0.05) is 13.6 Å². The Bertz CT molecular complexity index is 1270. The standard InChI is InChI=1S/C28H33N3O5S/c1-4-26(28(33)29-2)30(20-19-22-11-7-5-8-12-22)27(32)21-31(23-15-17-24(36-3)18-16-23)37(34,35)25-13-9-6-10-14-25/h5-18,26H,4,19-21H2,1-3H3,(H,29,33)/t26-/m0/s1. The molecule has 8 nitrogen and oxygen atoms in total. The molecule has 9 heteroatoms. The van der Waals surface area contributed by atoms with Crippen molar-refractivity contribution in [1.29, 1.82) is 0 Å². The number of anilines is 1. The van der Waals surface area contributed by atoms with Gasteiger partial charge in [-0.2, -0.15) is 0 Å². The Morgan fingerprint density at radius 3 is 2.05 bits per heavy atom. The van der Waals surface area contributed by atoms with E-state index in [1.54, 1.807) is 42.5 Å². The Morgan fingerprint density at radius 2 is 1.51 bits per heavy atom. The number of sulfonamides is 1. The van der Waals surface area contributed by atoms with Crippen LogP contribution in [0, 0.1) is 0 Å². The van der Waals surface area contributed by atoms with E-state index in [1.165, 1.54) is 31.2 Å². The molecule has 37 heavy (non-hydrogen) atoms. The van der Waals surface area contributed by atoms with Crippen LogP contribution >= 0.6 is 0 Å². The highest BCUT2D eigenvalue weighted by molar-refractivity contribution is 7.92. The van der Waals surface area contributed by atoms with E-state index in [0.717, 1.165) is 9.87 Å². The molecular formula is C28H33N3O5S. The Kier molecular flexibility index (Phi) is 9.68. The summed E-state index contributed by atoms with van der Waals surface area (Å²) in [4.78, 5) is 28.0. The number of hydrogen-bond donors (Lipinski definition) is 1. The van der Waals surface area contributed by atoms with E-state index in [-0.39, 0.29) is 17.3 Å². The first-order chi connectivity index (χ1) is 17.8. The Hall–Kier alpha value is -3.85. The molecule has 0 saturated heterocycles. The minimum Gasteiger partial charge on any atom is -0.497 e. The molecule has 0 aliphatic heterocycles. The molecule has 0 heterocycles. The molecule has 0 aromatic heterocycles. The predicted molar refractivity (Wildman–Crippen MR) is 144 cm³/mol. The molecule has 0 aliphatic carbocycles. The van der Waals surface area contributed by atoms with Gasteiger partial charge in [0.1, 0.15) is 18.3 Å². The van der Waals surface area contributed by atoms with Gasteiger partial charge in [-0.05, 0) is 54.8 Å². The van der Waals surface area contributed by atoms with Crippen molar-refractivity contribution in [3.63, 3.8) is 0 Å². The van der Waals surface area contributed by atoms with Gasteiger partial charge in [0.2, 0.25) is 11.8 Å². The Balaban J connectivity index is 1.99. The second kappa shape index (κ2) is 12.9. The van der Waals surface area contributed by atoms with Crippen LogP contribution in [0.1, 0.15) is 18.9 Å². The van der Waals surface area contributed by atoms with Crippen LogP contribution in [0.15, 0.2) is 89.8 Å². The van der Waals surface area contributed by atoms with Crippen molar-refractivity contribution in [2.75, 3.05) is 31.6 Å². The second-order valence-corrected chi connectivity index (χ2v) is 10.2. The molecule has 0 unspecified atom stereocenters. The smallest absolute Gasteiger partial charge is 0.264 e. The first-order valence-electron chi connectivity index (χ1n) is 12.1. The van der Waals surface area contributed by atoms with E-state index in [4.69, 9.17) is 4.74 Å². The number of methoxy groups -OCH3 is 1. The topological polar surface area (TPSA) is 96.0 Å². The number of carbonyl (C=O) groups is 2. The molecule has 196 valence electrons. The lowest BCUT2D eigenvalue weighted by molar-refractivity contribution is -0.139. The molecule has 1 N–H and O–H groups in total. The highest BCUT2D eigenvalue weighted by atomic mass is 32.2. The van der Waals surface area contributed by atoms with Gasteiger partial charge in [-0.1, -0.05) is 55.5 Å². The molecular weight excluding hydrogens is 490 g/mol. The number of carbonyl (C=O) groups excluding carboxylic acids is 2. The van der Waals surface area contributed by atoms with E-state index in [0.29, 0.717) is 24.3 Å². The number of nitrogens with zero attached hydrogens (tertiary/aromatic N) is 2. The van der Waals surface area contributed by atoms with Crippen molar-refractivity contribution < 1.29 is 22.7 Å². The minimum atomic E-state index is -4.08. The van der Waals surface area contributed by atoms with E-state index in [1.807, 2.05) is 37.3 Å². The van der Waals surface area contributed by atoms with Gasteiger partial charge in [-0.25, -0.2) is 8.42 Å². The lowest BCUT2D eigenvalue weighted by atomic mass is 10.1.